The normalized spacial score (nSPS) is 10.1. The zero-order chi connectivity index (χ0) is 17.7. The number of hydrogen-bond acceptors (Lipinski definition) is 4. The zero-order valence-corrected chi connectivity index (χ0v) is 13.5. The van der Waals surface area contributed by atoms with Gasteiger partial charge in [0.15, 0.2) is 11.6 Å². The van der Waals surface area contributed by atoms with Gasteiger partial charge in [-0.3, -0.25) is 4.79 Å². The van der Waals surface area contributed by atoms with Crippen LogP contribution in [0.2, 0.25) is 0 Å². The summed E-state index contributed by atoms with van der Waals surface area (Å²) in [5, 5.41) is 0. The van der Waals surface area contributed by atoms with Crippen molar-refractivity contribution in [2.45, 2.75) is 20.3 Å². The summed E-state index contributed by atoms with van der Waals surface area (Å²) in [6, 6.07) is 11.0. The van der Waals surface area contributed by atoms with E-state index in [0.717, 1.165) is 5.56 Å². The standard InChI is InChI=1S/C19H17FO4/c1-4-18(21)23-15-8-5-13(6-9-15)14-7-10-17(16(20)11-14)24-19(22)12(2)3/h5-11H,2,4H2,1,3H3. The fourth-order valence-electron chi connectivity index (χ4n) is 1.87. The van der Waals surface area contributed by atoms with Crippen molar-refractivity contribution in [3.05, 3.63) is 60.4 Å². The molecule has 2 rings (SSSR count). The fourth-order valence-corrected chi connectivity index (χ4v) is 1.87. The van der Waals surface area contributed by atoms with E-state index in [1.807, 2.05) is 0 Å². The number of ether oxygens (including phenoxy) is 2. The van der Waals surface area contributed by atoms with E-state index in [2.05, 4.69) is 6.58 Å². The summed E-state index contributed by atoms with van der Waals surface area (Å²) in [6.07, 6.45) is 0.289. The Labute approximate surface area is 139 Å². The van der Waals surface area contributed by atoms with Crippen molar-refractivity contribution in [1.29, 1.82) is 0 Å². The Balaban J connectivity index is 2.18. The van der Waals surface area contributed by atoms with E-state index < -0.39 is 11.8 Å². The van der Waals surface area contributed by atoms with E-state index in [4.69, 9.17) is 9.47 Å². The first-order chi connectivity index (χ1) is 11.4. The van der Waals surface area contributed by atoms with E-state index in [-0.39, 0.29) is 23.7 Å². The highest BCUT2D eigenvalue weighted by Crippen LogP contribution is 2.27. The highest BCUT2D eigenvalue weighted by Gasteiger charge is 2.11. The van der Waals surface area contributed by atoms with Crippen molar-refractivity contribution in [1.82, 2.24) is 0 Å². The van der Waals surface area contributed by atoms with Gasteiger partial charge in [0.1, 0.15) is 5.75 Å². The molecule has 2 aromatic rings. The predicted molar refractivity (Wildman–Crippen MR) is 88.2 cm³/mol. The minimum absolute atomic E-state index is 0.153. The van der Waals surface area contributed by atoms with Crippen molar-refractivity contribution >= 4 is 11.9 Å². The summed E-state index contributed by atoms with van der Waals surface area (Å²) in [7, 11) is 0. The van der Waals surface area contributed by atoms with Crippen LogP contribution in [0.5, 0.6) is 11.5 Å². The summed E-state index contributed by atoms with van der Waals surface area (Å²) in [6.45, 7) is 6.65. The Bertz CT molecular complexity index is 778. The number of benzene rings is 2. The minimum Gasteiger partial charge on any atom is -0.427 e. The second-order valence-electron chi connectivity index (χ2n) is 5.17. The van der Waals surface area contributed by atoms with E-state index in [0.29, 0.717) is 11.3 Å². The van der Waals surface area contributed by atoms with Gasteiger partial charge in [0.25, 0.3) is 0 Å². The quantitative estimate of drug-likeness (QED) is 0.467. The molecule has 0 fully saturated rings. The van der Waals surface area contributed by atoms with Gasteiger partial charge < -0.3 is 9.47 Å². The molecule has 0 aliphatic rings. The molecule has 0 aliphatic carbocycles. The first-order valence-electron chi connectivity index (χ1n) is 7.39. The maximum absolute atomic E-state index is 14.1. The third-order valence-electron chi connectivity index (χ3n) is 3.19. The maximum atomic E-state index is 14.1. The molecule has 0 N–H and O–H groups in total. The lowest BCUT2D eigenvalue weighted by Crippen LogP contribution is -2.09. The van der Waals surface area contributed by atoms with Crippen LogP contribution in [0.25, 0.3) is 11.1 Å². The number of carbonyl (C=O) groups is 2. The molecule has 0 saturated carbocycles. The predicted octanol–water partition coefficient (Wildman–Crippen LogP) is 4.29. The van der Waals surface area contributed by atoms with Gasteiger partial charge >= 0.3 is 11.9 Å². The van der Waals surface area contributed by atoms with Crippen LogP contribution in [0.15, 0.2) is 54.6 Å². The van der Waals surface area contributed by atoms with Crippen molar-refractivity contribution in [2.24, 2.45) is 0 Å². The monoisotopic (exact) mass is 328 g/mol. The summed E-state index contributed by atoms with van der Waals surface area (Å²) in [4.78, 5) is 22.7. The molecular formula is C19H17FO4. The third-order valence-corrected chi connectivity index (χ3v) is 3.19. The minimum atomic E-state index is -0.677. The van der Waals surface area contributed by atoms with Gasteiger partial charge in [-0.05, 0) is 42.3 Å². The summed E-state index contributed by atoms with van der Waals surface area (Å²) < 4.78 is 24.1. The van der Waals surface area contributed by atoms with Gasteiger partial charge in [-0.25, -0.2) is 9.18 Å². The molecule has 0 atom stereocenters. The topological polar surface area (TPSA) is 52.6 Å². The van der Waals surface area contributed by atoms with Gasteiger partial charge in [0.05, 0.1) is 0 Å². The molecule has 0 amide bonds. The van der Waals surface area contributed by atoms with E-state index >= 15 is 0 Å². The molecular weight excluding hydrogens is 311 g/mol. The molecule has 0 bridgehead atoms. The molecule has 0 heterocycles. The maximum Gasteiger partial charge on any atom is 0.338 e. The Morgan fingerprint density at radius 3 is 2.21 bits per heavy atom. The van der Waals surface area contributed by atoms with Crippen LogP contribution in [-0.2, 0) is 9.59 Å². The molecule has 5 heteroatoms. The average Bonchev–Trinajstić information content (AvgIpc) is 2.57. The van der Waals surface area contributed by atoms with Gasteiger partial charge in [-0.2, -0.15) is 0 Å². The molecule has 0 unspecified atom stereocenters. The van der Waals surface area contributed by atoms with Crippen LogP contribution in [0.3, 0.4) is 0 Å². The number of carbonyl (C=O) groups excluding carboxylic acids is 2. The van der Waals surface area contributed by atoms with Crippen LogP contribution in [0.4, 0.5) is 4.39 Å². The molecule has 0 spiro atoms. The lowest BCUT2D eigenvalue weighted by atomic mass is 10.1. The molecule has 0 saturated heterocycles. The van der Waals surface area contributed by atoms with Crippen LogP contribution in [-0.4, -0.2) is 11.9 Å². The van der Waals surface area contributed by atoms with E-state index in [9.17, 15) is 14.0 Å². The first-order valence-corrected chi connectivity index (χ1v) is 7.39. The molecule has 0 aliphatic heterocycles. The SMILES string of the molecule is C=C(C)C(=O)Oc1ccc(-c2ccc(OC(=O)CC)cc2)cc1F. The lowest BCUT2D eigenvalue weighted by Gasteiger charge is -2.08. The summed E-state index contributed by atoms with van der Waals surface area (Å²) in [5.41, 5.74) is 1.54. The van der Waals surface area contributed by atoms with Crippen molar-refractivity contribution in [3.63, 3.8) is 0 Å². The van der Waals surface area contributed by atoms with E-state index in [1.54, 1.807) is 37.3 Å². The molecule has 2 aromatic carbocycles. The zero-order valence-electron chi connectivity index (χ0n) is 13.5. The Morgan fingerprint density at radius 2 is 1.67 bits per heavy atom. The van der Waals surface area contributed by atoms with Crippen molar-refractivity contribution < 1.29 is 23.5 Å². The summed E-state index contributed by atoms with van der Waals surface area (Å²) >= 11 is 0. The van der Waals surface area contributed by atoms with Crippen molar-refractivity contribution in [2.75, 3.05) is 0 Å². The Hall–Kier alpha value is -2.95. The Kier molecular flexibility index (Phi) is 5.47. The van der Waals surface area contributed by atoms with Crippen LogP contribution in [0, 0.1) is 5.82 Å². The van der Waals surface area contributed by atoms with Crippen molar-refractivity contribution in [3.8, 4) is 22.6 Å². The largest absolute Gasteiger partial charge is 0.427 e. The highest BCUT2D eigenvalue weighted by molar-refractivity contribution is 5.88. The molecule has 24 heavy (non-hydrogen) atoms. The highest BCUT2D eigenvalue weighted by atomic mass is 19.1. The van der Waals surface area contributed by atoms with Gasteiger partial charge in [0, 0.05) is 12.0 Å². The number of hydrogen-bond donors (Lipinski definition) is 0. The number of esters is 2. The fraction of sp³-hybridized carbons (Fsp3) is 0.158. The smallest absolute Gasteiger partial charge is 0.338 e. The van der Waals surface area contributed by atoms with Crippen LogP contribution >= 0.6 is 0 Å². The second-order valence-corrected chi connectivity index (χ2v) is 5.17. The number of halogens is 1. The van der Waals surface area contributed by atoms with Gasteiger partial charge in [0.2, 0.25) is 0 Å². The Morgan fingerprint density at radius 1 is 1.04 bits per heavy atom. The first kappa shape index (κ1) is 17.4. The average molecular weight is 328 g/mol. The third kappa shape index (κ3) is 4.29. The number of rotatable bonds is 5. The van der Waals surface area contributed by atoms with Crippen LogP contribution < -0.4 is 9.47 Å². The molecule has 0 radical (unpaired) electrons. The molecule has 4 nitrogen and oxygen atoms in total. The van der Waals surface area contributed by atoms with E-state index in [1.165, 1.54) is 19.1 Å². The second kappa shape index (κ2) is 7.55. The lowest BCUT2D eigenvalue weighted by molar-refractivity contribution is -0.134. The summed E-state index contributed by atoms with van der Waals surface area (Å²) in [5.74, 6) is -1.37. The van der Waals surface area contributed by atoms with Crippen LogP contribution in [0.1, 0.15) is 20.3 Å². The molecule has 0 aromatic heterocycles. The van der Waals surface area contributed by atoms with Gasteiger partial charge in [-0.1, -0.05) is 31.7 Å². The van der Waals surface area contributed by atoms with Gasteiger partial charge in [-0.15, -0.1) is 0 Å². The molecule has 124 valence electrons.